The van der Waals surface area contributed by atoms with Gasteiger partial charge in [-0.15, -0.1) is 0 Å². The molecule has 1 saturated heterocycles. The molecule has 0 unspecified atom stereocenters. The van der Waals surface area contributed by atoms with Crippen LogP contribution in [0.3, 0.4) is 0 Å². The number of hydrogen-bond donors (Lipinski definition) is 2. The van der Waals surface area contributed by atoms with Gasteiger partial charge < -0.3 is 15.5 Å². The van der Waals surface area contributed by atoms with Gasteiger partial charge in [0.05, 0.1) is 11.1 Å². The zero-order chi connectivity index (χ0) is 16.2. The fourth-order valence-electron chi connectivity index (χ4n) is 2.85. The van der Waals surface area contributed by atoms with Crippen molar-refractivity contribution in [3.63, 3.8) is 0 Å². The maximum atomic E-state index is 12.2. The lowest BCUT2D eigenvalue weighted by Gasteiger charge is -2.27. The lowest BCUT2D eigenvalue weighted by Crippen LogP contribution is -2.50. The molecular weight excluding hydrogens is 296 g/mol. The number of piperazine rings is 1. The normalized spacial score (nSPS) is 17.4. The van der Waals surface area contributed by atoms with E-state index in [0.717, 1.165) is 13.1 Å². The van der Waals surface area contributed by atoms with Crippen LogP contribution < -0.4 is 10.6 Å². The molecule has 1 aromatic carbocycles. The van der Waals surface area contributed by atoms with Gasteiger partial charge in [0.25, 0.3) is 11.8 Å². The van der Waals surface area contributed by atoms with E-state index in [9.17, 15) is 14.4 Å². The van der Waals surface area contributed by atoms with Gasteiger partial charge in [-0.25, -0.2) is 4.79 Å². The number of carbonyl (C=O) groups is 3. The van der Waals surface area contributed by atoms with Crippen LogP contribution in [0, 0.1) is 0 Å². The molecule has 0 aromatic heterocycles. The van der Waals surface area contributed by atoms with E-state index in [2.05, 4.69) is 10.6 Å². The number of imide groups is 1. The highest BCUT2D eigenvalue weighted by Crippen LogP contribution is 2.22. The number of rotatable bonds is 4. The molecule has 0 radical (unpaired) electrons. The number of carbonyl (C=O) groups excluding carboxylic acids is 3. The summed E-state index contributed by atoms with van der Waals surface area (Å²) in [5, 5.41) is 6.03. The number of amides is 4. The van der Waals surface area contributed by atoms with Crippen molar-refractivity contribution < 1.29 is 14.4 Å². The zero-order valence-corrected chi connectivity index (χ0v) is 12.9. The van der Waals surface area contributed by atoms with E-state index in [4.69, 9.17) is 0 Å². The molecule has 2 aliphatic heterocycles. The molecule has 2 aliphatic rings. The van der Waals surface area contributed by atoms with Gasteiger partial charge >= 0.3 is 6.03 Å². The first-order valence-electron chi connectivity index (χ1n) is 7.87. The predicted octanol–water partition coefficient (Wildman–Crippen LogP) is 0.288. The summed E-state index contributed by atoms with van der Waals surface area (Å²) in [5.74, 6) is -0.502. The average molecular weight is 316 g/mol. The lowest BCUT2D eigenvalue weighted by molar-refractivity contribution is 0.0653. The van der Waals surface area contributed by atoms with E-state index in [1.54, 1.807) is 29.2 Å². The van der Waals surface area contributed by atoms with Crippen molar-refractivity contribution in [3.05, 3.63) is 35.4 Å². The first-order chi connectivity index (χ1) is 11.2. The first kappa shape index (κ1) is 15.5. The third kappa shape index (κ3) is 3.19. The highest BCUT2D eigenvalue weighted by atomic mass is 16.2. The summed E-state index contributed by atoms with van der Waals surface area (Å²) in [6, 6.07) is 6.75. The first-order valence-corrected chi connectivity index (χ1v) is 7.87. The van der Waals surface area contributed by atoms with Crippen molar-refractivity contribution in [2.75, 3.05) is 39.3 Å². The molecule has 1 fully saturated rings. The van der Waals surface area contributed by atoms with Crippen LogP contribution in [0.5, 0.6) is 0 Å². The molecule has 0 spiro atoms. The van der Waals surface area contributed by atoms with Gasteiger partial charge in [0.15, 0.2) is 0 Å². The fraction of sp³-hybridized carbons (Fsp3) is 0.438. The second kappa shape index (κ2) is 6.78. The van der Waals surface area contributed by atoms with E-state index >= 15 is 0 Å². The number of benzene rings is 1. The Hall–Kier alpha value is -2.41. The van der Waals surface area contributed by atoms with Crippen LogP contribution in [0.25, 0.3) is 0 Å². The predicted molar refractivity (Wildman–Crippen MR) is 84.3 cm³/mol. The molecule has 0 aliphatic carbocycles. The van der Waals surface area contributed by atoms with Crippen molar-refractivity contribution in [1.82, 2.24) is 20.4 Å². The molecule has 1 aromatic rings. The highest BCUT2D eigenvalue weighted by Gasteiger charge is 2.34. The number of hydrogen-bond acceptors (Lipinski definition) is 4. The average Bonchev–Trinajstić information content (AvgIpc) is 2.84. The van der Waals surface area contributed by atoms with Crippen LogP contribution in [-0.2, 0) is 0 Å². The Kier molecular flexibility index (Phi) is 4.57. The largest absolute Gasteiger partial charge is 0.338 e. The molecule has 0 saturated carbocycles. The summed E-state index contributed by atoms with van der Waals surface area (Å²) in [5.41, 5.74) is 0.921. The van der Waals surface area contributed by atoms with Crippen LogP contribution in [-0.4, -0.2) is 66.9 Å². The molecular formula is C16H20N4O3. The minimum atomic E-state index is -0.251. The number of nitrogens with one attached hydrogen (secondary N) is 2. The summed E-state index contributed by atoms with van der Waals surface area (Å²) in [4.78, 5) is 39.3. The highest BCUT2D eigenvalue weighted by molar-refractivity contribution is 6.21. The summed E-state index contributed by atoms with van der Waals surface area (Å²) in [7, 11) is 0. The maximum Gasteiger partial charge on any atom is 0.317 e. The van der Waals surface area contributed by atoms with Crippen molar-refractivity contribution in [2.45, 2.75) is 6.42 Å². The van der Waals surface area contributed by atoms with Crippen LogP contribution in [0.4, 0.5) is 4.79 Å². The third-order valence-electron chi connectivity index (χ3n) is 4.12. The summed E-state index contributed by atoms with van der Waals surface area (Å²) in [6.07, 6.45) is 0.545. The Labute approximate surface area is 134 Å². The van der Waals surface area contributed by atoms with E-state index in [-0.39, 0.29) is 17.8 Å². The van der Waals surface area contributed by atoms with Gasteiger partial charge in [-0.2, -0.15) is 0 Å². The minimum Gasteiger partial charge on any atom is -0.338 e. The molecule has 0 atom stereocenters. The van der Waals surface area contributed by atoms with Crippen molar-refractivity contribution in [1.29, 1.82) is 0 Å². The fourth-order valence-corrected chi connectivity index (χ4v) is 2.85. The Balaban J connectivity index is 1.46. The van der Waals surface area contributed by atoms with Crippen LogP contribution in [0.2, 0.25) is 0 Å². The minimum absolute atomic E-state index is 0.0890. The molecule has 23 heavy (non-hydrogen) atoms. The second-order valence-corrected chi connectivity index (χ2v) is 5.63. The SMILES string of the molecule is O=C(NCCCN1C(=O)c2ccccc2C1=O)N1CCNCC1. The second-order valence-electron chi connectivity index (χ2n) is 5.63. The van der Waals surface area contributed by atoms with Gasteiger partial charge in [0.2, 0.25) is 0 Å². The Bertz CT molecular complexity index is 591. The lowest BCUT2D eigenvalue weighted by atomic mass is 10.1. The molecule has 3 rings (SSSR count). The molecule has 2 N–H and O–H groups in total. The summed E-state index contributed by atoms with van der Waals surface area (Å²) >= 11 is 0. The van der Waals surface area contributed by atoms with E-state index in [0.29, 0.717) is 43.7 Å². The van der Waals surface area contributed by atoms with Crippen molar-refractivity contribution in [3.8, 4) is 0 Å². The standard InChI is InChI=1S/C16H20N4O3/c21-14-12-4-1-2-5-13(12)15(22)20(14)9-3-6-18-16(23)19-10-7-17-8-11-19/h1-2,4-5,17H,3,6-11H2,(H,18,23). The number of urea groups is 1. The molecule has 4 amide bonds. The van der Waals surface area contributed by atoms with Gasteiger partial charge in [0.1, 0.15) is 0 Å². The molecule has 2 heterocycles. The van der Waals surface area contributed by atoms with Crippen LogP contribution >= 0.6 is 0 Å². The maximum absolute atomic E-state index is 12.2. The molecule has 7 heteroatoms. The third-order valence-corrected chi connectivity index (χ3v) is 4.12. The number of nitrogens with zero attached hydrogens (tertiary/aromatic N) is 2. The monoisotopic (exact) mass is 316 g/mol. The van der Waals surface area contributed by atoms with Crippen molar-refractivity contribution >= 4 is 17.8 Å². The van der Waals surface area contributed by atoms with E-state index < -0.39 is 0 Å². The zero-order valence-electron chi connectivity index (χ0n) is 12.9. The Morgan fingerprint density at radius 2 is 1.70 bits per heavy atom. The van der Waals surface area contributed by atoms with Gasteiger partial charge in [-0.3, -0.25) is 14.5 Å². The molecule has 7 nitrogen and oxygen atoms in total. The molecule has 122 valence electrons. The smallest absolute Gasteiger partial charge is 0.317 e. The topological polar surface area (TPSA) is 81.8 Å². The van der Waals surface area contributed by atoms with Gasteiger partial charge in [0, 0.05) is 39.3 Å². The summed E-state index contributed by atoms with van der Waals surface area (Å²) in [6.45, 7) is 3.77. The van der Waals surface area contributed by atoms with Gasteiger partial charge in [-0.05, 0) is 18.6 Å². The number of fused-ring (bicyclic) bond motifs is 1. The van der Waals surface area contributed by atoms with Gasteiger partial charge in [-0.1, -0.05) is 12.1 Å². The Morgan fingerprint density at radius 1 is 1.09 bits per heavy atom. The van der Waals surface area contributed by atoms with Crippen LogP contribution in [0.1, 0.15) is 27.1 Å². The summed E-state index contributed by atoms with van der Waals surface area (Å²) < 4.78 is 0. The molecule has 0 bridgehead atoms. The Morgan fingerprint density at radius 3 is 2.30 bits per heavy atom. The van der Waals surface area contributed by atoms with Crippen molar-refractivity contribution in [2.24, 2.45) is 0 Å². The van der Waals surface area contributed by atoms with Crippen LogP contribution in [0.15, 0.2) is 24.3 Å². The quantitative estimate of drug-likeness (QED) is 0.618. The van der Waals surface area contributed by atoms with E-state index in [1.165, 1.54) is 4.90 Å². The van der Waals surface area contributed by atoms with E-state index in [1.807, 2.05) is 0 Å².